The number of amides is 1. The summed E-state index contributed by atoms with van der Waals surface area (Å²) in [6.45, 7) is -0.0966. The van der Waals surface area contributed by atoms with E-state index in [0.717, 1.165) is 24.0 Å². The highest BCUT2D eigenvalue weighted by molar-refractivity contribution is 5.91. The molecule has 0 aliphatic heterocycles. The molecule has 3 rings (SSSR count). The highest BCUT2D eigenvalue weighted by Crippen LogP contribution is 2.48. The molecule has 1 fully saturated rings. The first-order chi connectivity index (χ1) is 10.3. The van der Waals surface area contributed by atoms with Crippen molar-refractivity contribution in [3.05, 3.63) is 71.8 Å². The maximum absolute atomic E-state index is 12.6. The van der Waals surface area contributed by atoms with Gasteiger partial charge in [-0.05, 0) is 24.0 Å². The molecule has 0 heterocycles. The van der Waals surface area contributed by atoms with Crippen LogP contribution in [-0.4, -0.2) is 17.6 Å². The second-order valence-corrected chi connectivity index (χ2v) is 5.57. The summed E-state index contributed by atoms with van der Waals surface area (Å²) >= 11 is 0. The minimum absolute atomic E-state index is 0.0107. The summed E-state index contributed by atoms with van der Waals surface area (Å²) < 4.78 is 0. The fourth-order valence-electron chi connectivity index (χ4n) is 2.75. The number of aliphatic hydroxyl groups is 1. The van der Waals surface area contributed by atoms with Gasteiger partial charge in [-0.15, -0.1) is 0 Å². The van der Waals surface area contributed by atoms with Crippen LogP contribution in [-0.2, 0) is 10.2 Å². The van der Waals surface area contributed by atoms with Crippen LogP contribution in [0.3, 0.4) is 0 Å². The van der Waals surface area contributed by atoms with Crippen LogP contribution in [0, 0.1) is 0 Å². The summed E-state index contributed by atoms with van der Waals surface area (Å²) in [7, 11) is 0. The van der Waals surface area contributed by atoms with E-state index in [-0.39, 0.29) is 18.6 Å². The molecule has 1 aliphatic carbocycles. The molecule has 0 spiro atoms. The first-order valence-corrected chi connectivity index (χ1v) is 7.28. The SMILES string of the molecule is O=C(N[C@@H](CO)c1ccccc1)C1(c2ccccc2)CC1. The molecule has 2 aromatic rings. The molecule has 1 saturated carbocycles. The average Bonchev–Trinajstić information content (AvgIpc) is 3.36. The molecule has 3 heteroatoms. The van der Waals surface area contributed by atoms with E-state index < -0.39 is 5.41 Å². The normalized spacial score (nSPS) is 17.0. The van der Waals surface area contributed by atoms with Gasteiger partial charge in [0.2, 0.25) is 5.91 Å². The second-order valence-electron chi connectivity index (χ2n) is 5.57. The van der Waals surface area contributed by atoms with Crippen LogP contribution in [0.15, 0.2) is 60.7 Å². The number of hydrogen-bond donors (Lipinski definition) is 2. The maximum Gasteiger partial charge on any atom is 0.231 e. The molecule has 2 N–H and O–H groups in total. The Morgan fingerprint density at radius 3 is 2.14 bits per heavy atom. The molecule has 108 valence electrons. The molecular formula is C18H19NO2. The standard InChI is InChI=1S/C18H19NO2/c20-13-16(14-7-3-1-4-8-14)19-17(21)18(11-12-18)15-9-5-2-6-10-15/h1-10,16,20H,11-13H2,(H,19,21)/t16-/m0/s1. The summed E-state index contributed by atoms with van der Waals surface area (Å²) in [6, 6.07) is 19.1. The summed E-state index contributed by atoms with van der Waals surface area (Å²) in [5.41, 5.74) is 1.59. The van der Waals surface area contributed by atoms with Crippen molar-refractivity contribution in [2.75, 3.05) is 6.61 Å². The monoisotopic (exact) mass is 281 g/mol. The van der Waals surface area contributed by atoms with E-state index in [9.17, 15) is 9.90 Å². The summed E-state index contributed by atoms with van der Waals surface area (Å²) in [6.07, 6.45) is 1.74. The number of rotatable bonds is 5. The number of carbonyl (C=O) groups excluding carboxylic acids is 1. The smallest absolute Gasteiger partial charge is 0.231 e. The lowest BCUT2D eigenvalue weighted by molar-refractivity contribution is -0.124. The Bertz CT molecular complexity index is 606. The van der Waals surface area contributed by atoms with E-state index in [1.54, 1.807) is 0 Å². The molecule has 0 bridgehead atoms. The van der Waals surface area contributed by atoms with Gasteiger partial charge in [-0.3, -0.25) is 4.79 Å². The zero-order valence-electron chi connectivity index (χ0n) is 11.8. The van der Waals surface area contributed by atoms with Gasteiger partial charge in [0.15, 0.2) is 0 Å². The number of carbonyl (C=O) groups is 1. The van der Waals surface area contributed by atoms with Crippen LogP contribution < -0.4 is 5.32 Å². The molecule has 2 aromatic carbocycles. The van der Waals surface area contributed by atoms with Gasteiger partial charge >= 0.3 is 0 Å². The van der Waals surface area contributed by atoms with Crippen molar-refractivity contribution in [3.63, 3.8) is 0 Å². The lowest BCUT2D eigenvalue weighted by Gasteiger charge is -2.21. The first-order valence-electron chi connectivity index (χ1n) is 7.28. The van der Waals surface area contributed by atoms with Crippen LogP contribution in [0.1, 0.15) is 30.0 Å². The minimum Gasteiger partial charge on any atom is -0.394 e. The van der Waals surface area contributed by atoms with Gasteiger partial charge in [0.05, 0.1) is 18.1 Å². The van der Waals surface area contributed by atoms with Crippen molar-refractivity contribution >= 4 is 5.91 Å². The maximum atomic E-state index is 12.6. The van der Waals surface area contributed by atoms with Crippen molar-refractivity contribution in [2.24, 2.45) is 0 Å². The van der Waals surface area contributed by atoms with Gasteiger partial charge in [0, 0.05) is 0 Å². The van der Waals surface area contributed by atoms with Gasteiger partial charge in [0.25, 0.3) is 0 Å². The van der Waals surface area contributed by atoms with E-state index in [2.05, 4.69) is 5.32 Å². The molecule has 1 atom stereocenters. The van der Waals surface area contributed by atoms with Crippen molar-refractivity contribution in [2.45, 2.75) is 24.3 Å². The van der Waals surface area contributed by atoms with E-state index in [1.807, 2.05) is 60.7 Å². The Kier molecular flexibility index (Phi) is 3.76. The van der Waals surface area contributed by atoms with Crippen molar-refractivity contribution in [1.82, 2.24) is 5.32 Å². The quantitative estimate of drug-likeness (QED) is 0.885. The summed E-state index contributed by atoms with van der Waals surface area (Å²) in [4.78, 5) is 12.6. The zero-order chi connectivity index (χ0) is 14.7. The molecule has 1 aliphatic rings. The van der Waals surface area contributed by atoms with E-state index >= 15 is 0 Å². The van der Waals surface area contributed by atoms with E-state index in [0.29, 0.717) is 0 Å². The Morgan fingerprint density at radius 1 is 1.05 bits per heavy atom. The Hall–Kier alpha value is -2.13. The number of aliphatic hydroxyl groups excluding tert-OH is 1. The average molecular weight is 281 g/mol. The Morgan fingerprint density at radius 2 is 1.62 bits per heavy atom. The fourth-order valence-corrected chi connectivity index (χ4v) is 2.75. The van der Waals surface area contributed by atoms with Crippen LogP contribution in [0.4, 0.5) is 0 Å². The lowest BCUT2D eigenvalue weighted by Crippen LogP contribution is -2.38. The summed E-state index contributed by atoms with van der Waals surface area (Å²) in [5.74, 6) is 0.0107. The topological polar surface area (TPSA) is 49.3 Å². The molecule has 0 aromatic heterocycles. The molecule has 21 heavy (non-hydrogen) atoms. The number of benzene rings is 2. The lowest BCUT2D eigenvalue weighted by atomic mass is 9.94. The minimum atomic E-state index is -0.399. The molecule has 0 unspecified atom stereocenters. The van der Waals surface area contributed by atoms with Crippen molar-refractivity contribution < 1.29 is 9.90 Å². The Labute approximate surface area is 124 Å². The van der Waals surface area contributed by atoms with Gasteiger partial charge < -0.3 is 10.4 Å². The highest BCUT2D eigenvalue weighted by atomic mass is 16.3. The molecule has 3 nitrogen and oxygen atoms in total. The molecule has 1 amide bonds. The molecular weight excluding hydrogens is 262 g/mol. The van der Waals surface area contributed by atoms with Crippen LogP contribution in [0.5, 0.6) is 0 Å². The van der Waals surface area contributed by atoms with E-state index in [4.69, 9.17) is 0 Å². The van der Waals surface area contributed by atoms with Crippen molar-refractivity contribution in [1.29, 1.82) is 0 Å². The highest BCUT2D eigenvalue weighted by Gasteiger charge is 2.51. The predicted molar refractivity (Wildman–Crippen MR) is 81.8 cm³/mol. The van der Waals surface area contributed by atoms with Crippen LogP contribution >= 0.6 is 0 Å². The fraction of sp³-hybridized carbons (Fsp3) is 0.278. The van der Waals surface area contributed by atoms with E-state index in [1.165, 1.54) is 0 Å². The third-order valence-electron chi connectivity index (χ3n) is 4.20. The Balaban J connectivity index is 1.77. The molecule has 0 saturated heterocycles. The summed E-state index contributed by atoms with van der Waals surface area (Å²) in [5, 5.41) is 12.6. The second kappa shape index (κ2) is 5.70. The first kappa shape index (κ1) is 13.8. The van der Waals surface area contributed by atoms with Gasteiger partial charge in [-0.1, -0.05) is 60.7 Å². The molecule has 0 radical (unpaired) electrons. The largest absolute Gasteiger partial charge is 0.394 e. The van der Waals surface area contributed by atoms with Crippen LogP contribution in [0.25, 0.3) is 0 Å². The van der Waals surface area contributed by atoms with Gasteiger partial charge in [-0.25, -0.2) is 0 Å². The van der Waals surface area contributed by atoms with Crippen molar-refractivity contribution in [3.8, 4) is 0 Å². The third-order valence-corrected chi connectivity index (χ3v) is 4.20. The number of nitrogens with one attached hydrogen (secondary N) is 1. The number of hydrogen-bond acceptors (Lipinski definition) is 2. The zero-order valence-corrected chi connectivity index (χ0v) is 11.8. The third kappa shape index (κ3) is 2.69. The predicted octanol–water partition coefficient (Wildman–Crippen LogP) is 2.57. The van der Waals surface area contributed by atoms with Crippen LogP contribution in [0.2, 0.25) is 0 Å². The van der Waals surface area contributed by atoms with Gasteiger partial charge in [0.1, 0.15) is 0 Å². The van der Waals surface area contributed by atoms with Gasteiger partial charge in [-0.2, -0.15) is 0 Å².